The molecule has 4 aliphatic rings. The van der Waals surface area contributed by atoms with Gasteiger partial charge in [-0.15, -0.1) is 9.32 Å². The minimum atomic E-state index is -0.716. The molecule has 11 heteroatoms. The van der Waals surface area contributed by atoms with Crippen molar-refractivity contribution in [1.29, 1.82) is 5.26 Å². The highest BCUT2D eigenvalue weighted by atomic mass is 32.2. The van der Waals surface area contributed by atoms with Gasteiger partial charge in [0.1, 0.15) is 6.04 Å². The molecule has 35 heavy (non-hydrogen) atoms. The Labute approximate surface area is 210 Å². The predicted molar refractivity (Wildman–Crippen MR) is 128 cm³/mol. The lowest BCUT2D eigenvalue weighted by atomic mass is 10.1. The Kier molecular flexibility index (Phi) is 6.78. The number of rotatable bonds is 9. The molecule has 1 aromatic rings. The van der Waals surface area contributed by atoms with Crippen LogP contribution in [0.15, 0.2) is 29.2 Å². The van der Waals surface area contributed by atoms with Crippen molar-refractivity contribution in [2.24, 2.45) is 11.7 Å². The van der Waals surface area contributed by atoms with Crippen LogP contribution in [0.3, 0.4) is 0 Å². The first-order valence-corrected chi connectivity index (χ1v) is 12.8. The molecule has 1 aromatic carbocycles. The molecule has 2 bridgehead atoms. The molecule has 2 N–H and O–H groups in total. The SMILES string of the molecule is C[C@H](c1ccc(SOON(C)C)cc1)N1C(=O)[C@@H]2C[C@H]1CN2C[C@H](N)C(=O)N1[C@H](C#N)C[C@@H]2C[C@@H]21. The first-order valence-electron chi connectivity index (χ1n) is 12.1. The third kappa shape index (κ3) is 4.67. The Morgan fingerprint density at radius 3 is 2.69 bits per heavy atom. The molecule has 4 fully saturated rings. The molecule has 1 aliphatic carbocycles. The van der Waals surface area contributed by atoms with E-state index < -0.39 is 6.04 Å². The van der Waals surface area contributed by atoms with Crippen LogP contribution in [0.4, 0.5) is 0 Å². The fraction of sp³-hybridized carbons (Fsp3) is 0.625. The topological polar surface area (TPSA) is 115 Å². The van der Waals surface area contributed by atoms with Gasteiger partial charge in [-0.3, -0.25) is 14.5 Å². The van der Waals surface area contributed by atoms with Gasteiger partial charge in [0.2, 0.25) is 11.8 Å². The number of fused-ring (bicyclic) bond motifs is 3. The van der Waals surface area contributed by atoms with Crippen LogP contribution in [0.25, 0.3) is 0 Å². The molecule has 1 saturated carbocycles. The summed E-state index contributed by atoms with van der Waals surface area (Å²) in [7, 11) is 3.47. The molecule has 188 valence electrons. The minimum Gasteiger partial charge on any atom is -0.330 e. The molecule has 3 heterocycles. The Morgan fingerprint density at radius 2 is 2.03 bits per heavy atom. The Hall–Kier alpha value is -2.20. The number of likely N-dealkylation sites (tertiary alicyclic amines) is 3. The zero-order valence-electron chi connectivity index (χ0n) is 20.2. The standard InChI is InChI=1S/C24H32N6O4S/c1-14(15-4-6-19(7-5-15)35-34-33-27(2)3)29-18-10-22(24(29)32)28(12-18)13-20(26)23(31)30-17(11-25)8-16-9-21(16)30/h4-7,14,16-18,20-22H,8-10,12-13,26H2,1-3H3/t14-,16-,17+,18+,20+,21+,22+/m1/s1. The molecular weight excluding hydrogens is 468 g/mol. The summed E-state index contributed by atoms with van der Waals surface area (Å²) in [6.45, 7) is 3.10. The summed E-state index contributed by atoms with van der Waals surface area (Å²) in [6, 6.07) is 9.06. The largest absolute Gasteiger partial charge is 0.330 e. The second-order valence-corrected chi connectivity index (χ2v) is 11.0. The van der Waals surface area contributed by atoms with E-state index in [-0.39, 0.29) is 42.0 Å². The van der Waals surface area contributed by atoms with Crippen molar-refractivity contribution in [3.63, 3.8) is 0 Å². The van der Waals surface area contributed by atoms with Crippen LogP contribution < -0.4 is 5.73 Å². The average molecular weight is 501 g/mol. The van der Waals surface area contributed by atoms with Gasteiger partial charge >= 0.3 is 0 Å². The van der Waals surface area contributed by atoms with Gasteiger partial charge in [-0.25, -0.2) is 0 Å². The molecule has 10 nitrogen and oxygen atoms in total. The van der Waals surface area contributed by atoms with Crippen LogP contribution >= 0.6 is 12.0 Å². The molecule has 7 atom stereocenters. The monoisotopic (exact) mass is 500 g/mol. The van der Waals surface area contributed by atoms with Crippen molar-refractivity contribution in [3.8, 4) is 6.07 Å². The van der Waals surface area contributed by atoms with Crippen LogP contribution in [0.2, 0.25) is 0 Å². The van der Waals surface area contributed by atoms with E-state index in [9.17, 15) is 14.9 Å². The molecule has 3 saturated heterocycles. The van der Waals surface area contributed by atoms with E-state index in [0.717, 1.165) is 41.8 Å². The van der Waals surface area contributed by atoms with Crippen LogP contribution in [-0.4, -0.2) is 89.0 Å². The van der Waals surface area contributed by atoms with Crippen molar-refractivity contribution in [1.82, 2.24) is 19.8 Å². The summed E-state index contributed by atoms with van der Waals surface area (Å²) in [5.41, 5.74) is 7.37. The van der Waals surface area contributed by atoms with Gasteiger partial charge in [0, 0.05) is 44.2 Å². The number of carbonyl (C=O) groups is 2. The lowest BCUT2D eigenvalue weighted by Crippen LogP contribution is -2.57. The van der Waals surface area contributed by atoms with E-state index in [1.165, 1.54) is 5.06 Å². The van der Waals surface area contributed by atoms with E-state index in [0.29, 0.717) is 19.0 Å². The van der Waals surface area contributed by atoms with E-state index in [4.69, 9.17) is 15.1 Å². The first-order chi connectivity index (χ1) is 16.8. The highest BCUT2D eigenvalue weighted by Crippen LogP contribution is 2.48. The van der Waals surface area contributed by atoms with Crippen LogP contribution in [-0.2, 0) is 18.9 Å². The fourth-order valence-corrected chi connectivity index (χ4v) is 6.37. The van der Waals surface area contributed by atoms with E-state index in [1.54, 1.807) is 19.0 Å². The summed E-state index contributed by atoms with van der Waals surface area (Å²) < 4.78 is 5.07. The summed E-state index contributed by atoms with van der Waals surface area (Å²) in [5.74, 6) is 0.398. The highest BCUT2D eigenvalue weighted by molar-refractivity contribution is 7.94. The zero-order valence-corrected chi connectivity index (χ0v) is 21.1. The summed E-state index contributed by atoms with van der Waals surface area (Å²) in [5, 5.41) is 10.9. The molecular formula is C24H32N6O4S. The third-order valence-electron chi connectivity index (χ3n) is 7.66. The summed E-state index contributed by atoms with van der Waals surface area (Å²) in [6.07, 6.45) is 2.49. The maximum absolute atomic E-state index is 13.3. The van der Waals surface area contributed by atoms with Crippen molar-refractivity contribution in [3.05, 3.63) is 29.8 Å². The third-order valence-corrected chi connectivity index (χ3v) is 8.25. The zero-order chi connectivity index (χ0) is 24.9. The van der Waals surface area contributed by atoms with Gasteiger partial charge in [0.25, 0.3) is 0 Å². The van der Waals surface area contributed by atoms with Gasteiger partial charge in [-0.1, -0.05) is 12.1 Å². The molecule has 0 unspecified atom stereocenters. The predicted octanol–water partition coefficient (Wildman–Crippen LogP) is 1.30. The number of carbonyl (C=O) groups excluding carboxylic acids is 2. The number of amides is 2. The second-order valence-electron chi connectivity index (χ2n) is 10.2. The van der Waals surface area contributed by atoms with E-state index in [1.807, 2.05) is 36.1 Å². The fourth-order valence-electron chi connectivity index (χ4n) is 5.89. The number of nitrogens with zero attached hydrogens (tertiary/aromatic N) is 5. The van der Waals surface area contributed by atoms with Crippen molar-refractivity contribution in [2.45, 2.75) is 67.3 Å². The smallest absolute Gasteiger partial charge is 0.242 e. The number of nitrogens with two attached hydrogens (primary N) is 1. The summed E-state index contributed by atoms with van der Waals surface area (Å²) in [4.78, 5) is 37.9. The maximum atomic E-state index is 13.3. The summed E-state index contributed by atoms with van der Waals surface area (Å²) >= 11 is 1.12. The number of piperazine rings is 1. The van der Waals surface area contributed by atoms with Gasteiger partial charge in [0.15, 0.2) is 0 Å². The van der Waals surface area contributed by atoms with Crippen molar-refractivity contribution in [2.75, 3.05) is 27.2 Å². The maximum Gasteiger partial charge on any atom is 0.242 e. The van der Waals surface area contributed by atoms with Gasteiger partial charge in [-0.05, 0) is 49.8 Å². The number of hydroxylamine groups is 2. The Morgan fingerprint density at radius 1 is 1.29 bits per heavy atom. The molecule has 0 aromatic heterocycles. The molecule has 0 radical (unpaired) electrons. The van der Waals surface area contributed by atoms with Crippen LogP contribution in [0.5, 0.6) is 0 Å². The minimum absolute atomic E-state index is 0.0549. The first kappa shape index (κ1) is 24.5. The Balaban J connectivity index is 1.16. The van der Waals surface area contributed by atoms with Gasteiger partial charge < -0.3 is 15.5 Å². The highest BCUT2D eigenvalue weighted by Gasteiger charge is 2.56. The van der Waals surface area contributed by atoms with Crippen molar-refractivity contribution >= 4 is 23.9 Å². The van der Waals surface area contributed by atoms with Crippen LogP contribution in [0, 0.1) is 17.2 Å². The lowest BCUT2D eigenvalue weighted by molar-refractivity contribution is -0.340. The molecule has 2 amide bonds. The van der Waals surface area contributed by atoms with Crippen LogP contribution in [0.1, 0.15) is 37.8 Å². The van der Waals surface area contributed by atoms with E-state index in [2.05, 4.69) is 11.0 Å². The van der Waals surface area contributed by atoms with E-state index >= 15 is 0 Å². The number of piperidine rings is 1. The lowest BCUT2D eigenvalue weighted by Gasteiger charge is -2.38. The number of hydrogen-bond acceptors (Lipinski definition) is 9. The molecule has 0 spiro atoms. The van der Waals surface area contributed by atoms with Gasteiger partial charge in [-0.2, -0.15) is 10.3 Å². The second kappa shape index (κ2) is 9.69. The number of benzene rings is 1. The Bertz CT molecular complexity index is 1020. The molecule has 5 rings (SSSR count). The normalized spacial score (nSPS) is 31.1. The number of nitriles is 1. The quantitative estimate of drug-likeness (QED) is 0.304. The number of hydrogen-bond donors (Lipinski definition) is 1. The van der Waals surface area contributed by atoms with Crippen molar-refractivity contribution < 1.29 is 18.9 Å². The average Bonchev–Trinajstić information content (AvgIpc) is 3.16. The molecule has 3 aliphatic heterocycles. The van der Waals surface area contributed by atoms with Gasteiger partial charge in [0.05, 0.1) is 36.2 Å².